The monoisotopic (exact) mass is 279 g/mol. The lowest BCUT2D eigenvalue weighted by atomic mass is 10.3. The first-order valence-electron chi connectivity index (χ1n) is 4.73. The van der Waals surface area contributed by atoms with Crippen molar-refractivity contribution in [3.8, 4) is 0 Å². The molecule has 82 valence electrons. The van der Waals surface area contributed by atoms with Crippen LogP contribution in [0.5, 0.6) is 0 Å². The first-order chi connectivity index (χ1) is 7.66. The van der Waals surface area contributed by atoms with E-state index < -0.39 is 0 Å². The number of aryl methyl sites for hydroxylation is 1. The van der Waals surface area contributed by atoms with Gasteiger partial charge in [0.25, 0.3) is 5.91 Å². The van der Waals surface area contributed by atoms with Crippen LogP contribution in [-0.4, -0.2) is 15.9 Å². The molecule has 0 aliphatic rings. The standard InChI is InChI=1S/C11H10BrN3O/c1-7-3-2-4-13-10(7)15-11(16)9-5-8(12)6-14-9/h2-6,14H,1H3,(H,13,15,16). The molecule has 0 radical (unpaired) electrons. The molecule has 0 saturated carbocycles. The van der Waals surface area contributed by atoms with Crippen LogP contribution in [0.2, 0.25) is 0 Å². The predicted octanol–water partition coefficient (Wildman–Crippen LogP) is 2.73. The van der Waals surface area contributed by atoms with Crippen LogP contribution in [0, 0.1) is 6.92 Å². The average molecular weight is 280 g/mol. The molecule has 5 heteroatoms. The molecule has 2 N–H and O–H groups in total. The van der Waals surface area contributed by atoms with Crippen LogP contribution in [0.1, 0.15) is 16.1 Å². The molecule has 0 aliphatic carbocycles. The number of hydrogen-bond acceptors (Lipinski definition) is 2. The minimum atomic E-state index is -0.201. The summed E-state index contributed by atoms with van der Waals surface area (Å²) in [6, 6.07) is 5.44. The largest absolute Gasteiger partial charge is 0.356 e. The van der Waals surface area contributed by atoms with Gasteiger partial charge in [-0.2, -0.15) is 0 Å². The Hall–Kier alpha value is -1.62. The molecule has 0 aliphatic heterocycles. The van der Waals surface area contributed by atoms with Gasteiger partial charge in [-0.3, -0.25) is 4.79 Å². The van der Waals surface area contributed by atoms with Crippen molar-refractivity contribution < 1.29 is 4.79 Å². The number of halogens is 1. The Kier molecular flexibility index (Phi) is 3.05. The molecule has 0 aromatic carbocycles. The van der Waals surface area contributed by atoms with E-state index in [4.69, 9.17) is 0 Å². The number of carbonyl (C=O) groups is 1. The van der Waals surface area contributed by atoms with Crippen LogP contribution in [0.4, 0.5) is 5.82 Å². The molecule has 0 atom stereocenters. The second kappa shape index (κ2) is 4.49. The summed E-state index contributed by atoms with van der Waals surface area (Å²) in [7, 11) is 0. The minimum Gasteiger partial charge on any atom is -0.356 e. The fourth-order valence-corrected chi connectivity index (χ4v) is 1.63. The van der Waals surface area contributed by atoms with Gasteiger partial charge in [-0.25, -0.2) is 4.98 Å². The van der Waals surface area contributed by atoms with E-state index in [9.17, 15) is 4.79 Å². The summed E-state index contributed by atoms with van der Waals surface area (Å²) in [6.45, 7) is 1.90. The zero-order valence-electron chi connectivity index (χ0n) is 8.62. The number of H-pyrrole nitrogens is 1. The molecule has 0 unspecified atom stereocenters. The van der Waals surface area contributed by atoms with Crippen LogP contribution >= 0.6 is 15.9 Å². The number of hydrogen-bond donors (Lipinski definition) is 2. The fraction of sp³-hybridized carbons (Fsp3) is 0.0909. The van der Waals surface area contributed by atoms with Gasteiger partial charge in [0.05, 0.1) is 0 Å². The number of nitrogens with one attached hydrogen (secondary N) is 2. The molecule has 2 heterocycles. The van der Waals surface area contributed by atoms with E-state index in [1.165, 1.54) is 0 Å². The van der Waals surface area contributed by atoms with Crippen molar-refractivity contribution in [3.63, 3.8) is 0 Å². The van der Waals surface area contributed by atoms with Crippen molar-refractivity contribution in [2.24, 2.45) is 0 Å². The number of pyridine rings is 1. The van der Waals surface area contributed by atoms with E-state index in [0.29, 0.717) is 11.5 Å². The lowest BCUT2D eigenvalue weighted by molar-refractivity contribution is 0.102. The molecule has 1 amide bonds. The van der Waals surface area contributed by atoms with Crippen molar-refractivity contribution in [3.05, 3.63) is 46.3 Å². The number of amides is 1. The molecule has 0 saturated heterocycles. The van der Waals surface area contributed by atoms with E-state index in [0.717, 1.165) is 10.0 Å². The zero-order valence-corrected chi connectivity index (χ0v) is 10.2. The highest BCUT2D eigenvalue weighted by Gasteiger charge is 2.09. The second-order valence-corrected chi connectivity index (χ2v) is 4.27. The SMILES string of the molecule is Cc1cccnc1NC(=O)c1cc(Br)c[nH]1. The normalized spacial score (nSPS) is 10.1. The Bertz CT molecular complexity index is 521. The molecule has 2 aromatic rings. The van der Waals surface area contributed by atoms with Crippen LogP contribution < -0.4 is 5.32 Å². The zero-order chi connectivity index (χ0) is 11.5. The summed E-state index contributed by atoms with van der Waals surface area (Å²) in [5.41, 5.74) is 1.43. The van der Waals surface area contributed by atoms with Crippen molar-refractivity contribution in [2.75, 3.05) is 5.32 Å². The topological polar surface area (TPSA) is 57.8 Å². The molecule has 4 nitrogen and oxygen atoms in total. The van der Waals surface area contributed by atoms with Crippen LogP contribution in [-0.2, 0) is 0 Å². The third-order valence-corrected chi connectivity index (χ3v) is 2.59. The number of aromatic nitrogens is 2. The van der Waals surface area contributed by atoms with Gasteiger partial charge in [-0.1, -0.05) is 6.07 Å². The maximum Gasteiger partial charge on any atom is 0.273 e. The smallest absolute Gasteiger partial charge is 0.273 e. The second-order valence-electron chi connectivity index (χ2n) is 3.35. The maximum atomic E-state index is 11.8. The molecule has 16 heavy (non-hydrogen) atoms. The lowest BCUT2D eigenvalue weighted by Gasteiger charge is -2.05. The third-order valence-electron chi connectivity index (χ3n) is 2.13. The van der Waals surface area contributed by atoms with Gasteiger partial charge >= 0.3 is 0 Å². The summed E-state index contributed by atoms with van der Waals surface area (Å²) in [5, 5.41) is 2.74. The lowest BCUT2D eigenvalue weighted by Crippen LogP contribution is -2.14. The van der Waals surface area contributed by atoms with Crippen molar-refractivity contribution in [1.29, 1.82) is 0 Å². The highest BCUT2D eigenvalue weighted by atomic mass is 79.9. The highest BCUT2D eigenvalue weighted by molar-refractivity contribution is 9.10. The van der Waals surface area contributed by atoms with Gasteiger partial charge in [-0.05, 0) is 40.5 Å². The van der Waals surface area contributed by atoms with Crippen molar-refractivity contribution in [2.45, 2.75) is 6.92 Å². The van der Waals surface area contributed by atoms with E-state index in [1.54, 1.807) is 18.5 Å². The Balaban J connectivity index is 2.17. The van der Waals surface area contributed by atoms with Crippen molar-refractivity contribution >= 4 is 27.7 Å². The Morgan fingerprint density at radius 2 is 2.38 bits per heavy atom. The Morgan fingerprint density at radius 3 is 3.00 bits per heavy atom. The van der Waals surface area contributed by atoms with E-state index in [2.05, 4.69) is 31.2 Å². The molecule has 0 spiro atoms. The summed E-state index contributed by atoms with van der Waals surface area (Å²) in [6.07, 6.45) is 3.35. The fourth-order valence-electron chi connectivity index (χ4n) is 1.29. The molecule has 0 fully saturated rings. The predicted molar refractivity (Wildman–Crippen MR) is 65.4 cm³/mol. The Labute approximate surface area is 101 Å². The maximum absolute atomic E-state index is 11.8. The average Bonchev–Trinajstić information content (AvgIpc) is 2.68. The third kappa shape index (κ3) is 2.30. The number of carbonyl (C=O) groups excluding carboxylic acids is 1. The number of rotatable bonds is 2. The van der Waals surface area contributed by atoms with Gasteiger partial charge in [0.15, 0.2) is 0 Å². The summed E-state index contributed by atoms with van der Waals surface area (Å²) >= 11 is 3.27. The molecule has 0 bridgehead atoms. The molecular weight excluding hydrogens is 270 g/mol. The summed E-state index contributed by atoms with van der Waals surface area (Å²) < 4.78 is 0.843. The van der Waals surface area contributed by atoms with Gasteiger partial charge in [0.1, 0.15) is 11.5 Å². The quantitative estimate of drug-likeness (QED) is 0.888. The number of nitrogens with zero attached hydrogens (tertiary/aromatic N) is 1. The molecule has 2 aromatic heterocycles. The van der Waals surface area contributed by atoms with Gasteiger partial charge in [0, 0.05) is 16.9 Å². The Morgan fingerprint density at radius 1 is 1.56 bits per heavy atom. The van der Waals surface area contributed by atoms with Gasteiger partial charge in [-0.15, -0.1) is 0 Å². The van der Waals surface area contributed by atoms with Crippen molar-refractivity contribution in [1.82, 2.24) is 9.97 Å². The molecular formula is C11H10BrN3O. The van der Waals surface area contributed by atoms with Crippen LogP contribution in [0.15, 0.2) is 35.1 Å². The van der Waals surface area contributed by atoms with Crippen LogP contribution in [0.3, 0.4) is 0 Å². The first kappa shape index (κ1) is 10.9. The minimum absolute atomic E-state index is 0.201. The van der Waals surface area contributed by atoms with Gasteiger partial charge in [0.2, 0.25) is 0 Å². The molecule has 2 rings (SSSR count). The number of anilines is 1. The van der Waals surface area contributed by atoms with E-state index in [1.807, 2.05) is 19.1 Å². The summed E-state index contributed by atoms with van der Waals surface area (Å²) in [4.78, 5) is 18.7. The van der Waals surface area contributed by atoms with Crippen LogP contribution in [0.25, 0.3) is 0 Å². The van der Waals surface area contributed by atoms with E-state index in [-0.39, 0.29) is 5.91 Å². The van der Waals surface area contributed by atoms with Gasteiger partial charge < -0.3 is 10.3 Å². The van der Waals surface area contributed by atoms with E-state index >= 15 is 0 Å². The summed E-state index contributed by atoms with van der Waals surface area (Å²) in [5.74, 6) is 0.380. The number of aromatic amines is 1. The highest BCUT2D eigenvalue weighted by Crippen LogP contribution is 2.14. The first-order valence-corrected chi connectivity index (χ1v) is 5.53.